The molecule has 2 aliphatic rings. The standard InChI is InChI=1S/C13H24N2O4S/c1-3-14(9-11-6-7-11)20(18,19)15-8-4-5-12(10(15)2)13(16)17/h10-12H,3-9H2,1-2H3,(H,16,17)/t10-,12-/m0/s1. The first kappa shape index (κ1) is 15.7. The zero-order valence-electron chi connectivity index (χ0n) is 12.2. The average molecular weight is 304 g/mol. The van der Waals surface area contributed by atoms with E-state index in [-0.39, 0.29) is 0 Å². The third-order valence-electron chi connectivity index (χ3n) is 4.38. The zero-order valence-corrected chi connectivity index (χ0v) is 13.0. The molecule has 1 aliphatic carbocycles. The van der Waals surface area contributed by atoms with Gasteiger partial charge in [-0.25, -0.2) is 0 Å². The van der Waals surface area contributed by atoms with Gasteiger partial charge in [-0.2, -0.15) is 17.0 Å². The summed E-state index contributed by atoms with van der Waals surface area (Å²) in [6.45, 7) is 4.98. The van der Waals surface area contributed by atoms with Gasteiger partial charge in [0.1, 0.15) is 0 Å². The van der Waals surface area contributed by atoms with Crippen molar-refractivity contribution in [3.8, 4) is 0 Å². The molecule has 0 unspecified atom stereocenters. The van der Waals surface area contributed by atoms with Gasteiger partial charge in [-0.1, -0.05) is 6.92 Å². The molecular formula is C13H24N2O4S. The van der Waals surface area contributed by atoms with Crippen LogP contribution in [0.5, 0.6) is 0 Å². The van der Waals surface area contributed by atoms with Crippen molar-refractivity contribution in [3.63, 3.8) is 0 Å². The van der Waals surface area contributed by atoms with Gasteiger partial charge in [0.2, 0.25) is 0 Å². The summed E-state index contributed by atoms with van der Waals surface area (Å²) < 4.78 is 28.3. The lowest BCUT2D eigenvalue weighted by Crippen LogP contribution is -2.54. The van der Waals surface area contributed by atoms with Gasteiger partial charge >= 0.3 is 5.97 Å². The SMILES string of the molecule is CCN(CC1CC1)S(=O)(=O)N1CCC[C@H](C(=O)O)[C@@H]1C. The number of nitrogens with zero attached hydrogens (tertiary/aromatic N) is 2. The van der Waals surface area contributed by atoms with Gasteiger partial charge in [-0.05, 0) is 38.5 Å². The van der Waals surface area contributed by atoms with Crippen LogP contribution in [0.2, 0.25) is 0 Å². The van der Waals surface area contributed by atoms with Crippen LogP contribution in [0.15, 0.2) is 0 Å². The van der Waals surface area contributed by atoms with E-state index >= 15 is 0 Å². The Bertz CT molecular complexity index is 461. The van der Waals surface area contributed by atoms with Crippen LogP contribution in [0.1, 0.15) is 39.5 Å². The van der Waals surface area contributed by atoms with Crippen LogP contribution in [-0.2, 0) is 15.0 Å². The summed E-state index contributed by atoms with van der Waals surface area (Å²) in [6.07, 6.45) is 3.36. The van der Waals surface area contributed by atoms with E-state index in [9.17, 15) is 18.3 Å². The number of carbonyl (C=O) groups is 1. The smallest absolute Gasteiger partial charge is 0.308 e. The first-order chi connectivity index (χ1) is 9.37. The van der Waals surface area contributed by atoms with Crippen molar-refractivity contribution in [2.75, 3.05) is 19.6 Å². The number of carboxylic acid groups (broad SMARTS) is 1. The Kier molecular flexibility index (Phi) is 4.71. The lowest BCUT2D eigenvalue weighted by atomic mass is 9.92. The average Bonchev–Trinajstić information content (AvgIpc) is 3.19. The summed E-state index contributed by atoms with van der Waals surface area (Å²) >= 11 is 0. The van der Waals surface area contributed by atoms with Crippen molar-refractivity contribution in [1.29, 1.82) is 0 Å². The van der Waals surface area contributed by atoms with Crippen LogP contribution < -0.4 is 0 Å². The molecule has 116 valence electrons. The summed E-state index contributed by atoms with van der Waals surface area (Å²) in [5.74, 6) is -1.01. The van der Waals surface area contributed by atoms with Gasteiger partial charge in [0, 0.05) is 25.7 Å². The molecule has 2 atom stereocenters. The van der Waals surface area contributed by atoms with E-state index in [0.717, 1.165) is 12.8 Å². The molecule has 1 saturated heterocycles. The Morgan fingerprint density at radius 2 is 2.00 bits per heavy atom. The van der Waals surface area contributed by atoms with Crippen LogP contribution in [0.4, 0.5) is 0 Å². The van der Waals surface area contributed by atoms with Crippen molar-refractivity contribution in [3.05, 3.63) is 0 Å². The highest BCUT2D eigenvalue weighted by molar-refractivity contribution is 7.86. The molecule has 2 rings (SSSR count). The minimum Gasteiger partial charge on any atom is -0.481 e. The van der Waals surface area contributed by atoms with Crippen LogP contribution in [0, 0.1) is 11.8 Å². The van der Waals surface area contributed by atoms with E-state index in [0.29, 0.717) is 38.4 Å². The van der Waals surface area contributed by atoms with E-state index < -0.39 is 28.1 Å². The quantitative estimate of drug-likeness (QED) is 0.798. The van der Waals surface area contributed by atoms with Crippen LogP contribution in [0.3, 0.4) is 0 Å². The molecule has 2 fully saturated rings. The lowest BCUT2D eigenvalue weighted by molar-refractivity contribution is -0.144. The fraction of sp³-hybridized carbons (Fsp3) is 0.923. The van der Waals surface area contributed by atoms with Crippen LogP contribution in [0.25, 0.3) is 0 Å². The van der Waals surface area contributed by atoms with Crippen molar-refractivity contribution >= 4 is 16.2 Å². The van der Waals surface area contributed by atoms with E-state index in [4.69, 9.17) is 0 Å². The Morgan fingerprint density at radius 3 is 2.50 bits per heavy atom. The topological polar surface area (TPSA) is 77.9 Å². The molecule has 0 bridgehead atoms. The van der Waals surface area contributed by atoms with E-state index in [1.54, 1.807) is 6.92 Å². The number of rotatable bonds is 6. The molecule has 6 nitrogen and oxygen atoms in total. The van der Waals surface area contributed by atoms with Gasteiger partial charge in [0.25, 0.3) is 10.2 Å². The largest absolute Gasteiger partial charge is 0.481 e. The predicted molar refractivity (Wildman–Crippen MR) is 75.4 cm³/mol. The summed E-state index contributed by atoms with van der Waals surface area (Å²) in [7, 11) is -3.54. The molecule has 0 aromatic carbocycles. The predicted octanol–water partition coefficient (Wildman–Crippen LogP) is 1.15. The third-order valence-corrected chi connectivity index (χ3v) is 6.55. The Hall–Kier alpha value is -0.660. The van der Waals surface area contributed by atoms with Gasteiger partial charge in [0.05, 0.1) is 5.92 Å². The van der Waals surface area contributed by atoms with E-state index in [2.05, 4.69) is 0 Å². The number of hydrogen-bond donors (Lipinski definition) is 1. The maximum atomic E-state index is 12.7. The molecule has 0 aromatic rings. The molecule has 1 heterocycles. The summed E-state index contributed by atoms with van der Waals surface area (Å²) in [5.41, 5.74) is 0. The highest BCUT2D eigenvalue weighted by Gasteiger charge is 2.42. The number of piperidine rings is 1. The third kappa shape index (κ3) is 3.15. The summed E-state index contributed by atoms with van der Waals surface area (Å²) in [6, 6.07) is -0.473. The maximum absolute atomic E-state index is 12.7. The first-order valence-electron chi connectivity index (χ1n) is 7.37. The molecular weight excluding hydrogens is 280 g/mol. The molecule has 1 N–H and O–H groups in total. The Balaban J connectivity index is 2.15. The van der Waals surface area contributed by atoms with Crippen molar-refractivity contribution in [2.45, 2.75) is 45.6 Å². The molecule has 7 heteroatoms. The van der Waals surface area contributed by atoms with Gasteiger partial charge in [0.15, 0.2) is 0 Å². The van der Waals surface area contributed by atoms with Crippen molar-refractivity contribution in [2.24, 2.45) is 11.8 Å². The van der Waals surface area contributed by atoms with Gasteiger partial charge < -0.3 is 5.11 Å². The minimum absolute atomic E-state index is 0.425. The molecule has 1 aliphatic heterocycles. The highest BCUT2D eigenvalue weighted by Crippen LogP contribution is 2.32. The van der Waals surface area contributed by atoms with Gasteiger partial charge in [-0.3, -0.25) is 4.79 Å². The minimum atomic E-state index is -3.54. The Morgan fingerprint density at radius 1 is 1.35 bits per heavy atom. The monoisotopic (exact) mass is 304 g/mol. The number of aliphatic carboxylic acids is 1. The fourth-order valence-corrected chi connectivity index (χ4v) is 4.84. The van der Waals surface area contributed by atoms with Gasteiger partial charge in [-0.15, -0.1) is 0 Å². The summed E-state index contributed by atoms with van der Waals surface area (Å²) in [4.78, 5) is 11.2. The zero-order chi connectivity index (χ0) is 14.9. The summed E-state index contributed by atoms with van der Waals surface area (Å²) in [5, 5.41) is 9.21. The lowest BCUT2D eigenvalue weighted by Gasteiger charge is -2.39. The second-order valence-electron chi connectivity index (χ2n) is 5.84. The fourth-order valence-electron chi connectivity index (χ4n) is 2.89. The molecule has 1 saturated carbocycles. The van der Waals surface area contributed by atoms with E-state index in [1.807, 2.05) is 6.92 Å². The molecule has 0 radical (unpaired) electrons. The molecule has 0 spiro atoms. The Labute approximate surface area is 120 Å². The van der Waals surface area contributed by atoms with Crippen molar-refractivity contribution in [1.82, 2.24) is 8.61 Å². The molecule has 0 amide bonds. The second-order valence-corrected chi connectivity index (χ2v) is 7.72. The van der Waals surface area contributed by atoms with Crippen molar-refractivity contribution < 1.29 is 18.3 Å². The van der Waals surface area contributed by atoms with Crippen LogP contribution >= 0.6 is 0 Å². The van der Waals surface area contributed by atoms with E-state index in [1.165, 1.54) is 8.61 Å². The highest BCUT2D eigenvalue weighted by atomic mass is 32.2. The molecule has 20 heavy (non-hydrogen) atoms. The number of carboxylic acids is 1. The number of hydrogen-bond acceptors (Lipinski definition) is 3. The second kappa shape index (κ2) is 5.99. The first-order valence-corrected chi connectivity index (χ1v) is 8.77. The molecule has 0 aromatic heterocycles. The normalized spacial score (nSPS) is 28.8. The van der Waals surface area contributed by atoms with Crippen LogP contribution in [-0.4, -0.2) is 53.8 Å². The maximum Gasteiger partial charge on any atom is 0.308 e.